The molecule has 8 heteroatoms. The summed E-state index contributed by atoms with van der Waals surface area (Å²) in [6.07, 6.45) is 4.05. The minimum atomic E-state index is -0.651. The summed E-state index contributed by atoms with van der Waals surface area (Å²) in [7, 11) is 0. The molecule has 5 N–H and O–H groups in total. The number of fused-ring (bicyclic) bond motifs is 2. The van der Waals surface area contributed by atoms with Gasteiger partial charge in [-0.2, -0.15) is 0 Å². The number of benzene rings is 3. The monoisotopic (exact) mass is 505 g/mol. The fourth-order valence-electron chi connectivity index (χ4n) is 4.57. The minimum Gasteiger partial charge on any atom is -0.485 e. The summed E-state index contributed by atoms with van der Waals surface area (Å²) >= 11 is 6.07. The number of nitrogens with two attached hydrogens (primary N) is 2. The van der Waals surface area contributed by atoms with E-state index in [9.17, 15) is 14.7 Å². The molecule has 0 saturated heterocycles. The summed E-state index contributed by atoms with van der Waals surface area (Å²) in [4.78, 5) is 25.4. The first kappa shape index (κ1) is 24.3. The van der Waals surface area contributed by atoms with Gasteiger partial charge in [-0.25, -0.2) is 0 Å². The molecule has 186 valence electrons. The normalized spacial score (nSPS) is 14.3. The summed E-state index contributed by atoms with van der Waals surface area (Å²) in [5.74, 6) is -0.0488. The van der Waals surface area contributed by atoms with E-state index in [1.807, 2.05) is 22.9 Å². The number of nitrogens with zero attached hydrogens (tertiary/aromatic N) is 1. The summed E-state index contributed by atoms with van der Waals surface area (Å²) in [5.41, 5.74) is 14.1. The van der Waals surface area contributed by atoms with E-state index in [-0.39, 0.29) is 30.2 Å². The van der Waals surface area contributed by atoms with Crippen LogP contribution in [-0.4, -0.2) is 40.6 Å². The zero-order valence-corrected chi connectivity index (χ0v) is 20.5. The van der Waals surface area contributed by atoms with Crippen LogP contribution < -0.4 is 16.2 Å². The van der Waals surface area contributed by atoms with E-state index < -0.39 is 12.0 Å². The third kappa shape index (κ3) is 4.95. The van der Waals surface area contributed by atoms with Gasteiger partial charge in [0.05, 0.1) is 11.7 Å². The highest BCUT2D eigenvalue weighted by molar-refractivity contribution is 6.31. The topological polar surface area (TPSA) is 121 Å². The highest BCUT2D eigenvalue weighted by Crippen LogP contribution is 2.41. The van der Waals surface area contributed by atoms with Gasteiger partial charge < -0.3 is 25.9 Å². The molecule has 7 nitrogen and oxygen atoms in total. The molecule has 36 heavy (non-hydrogen) atoms. The van der Waals surface area contributed by atoms with Crippen LogP contribution in [0.3, 0.4) is 0 Å². The first-order chi connectivity index (χ1) is 17.3. The van der Waals surface area contributed by atoms with Crippen molar-refractivity contribution in [1.82, 2.24) is 4.57 Å². The lowest BCUT2D eigenvalue weighted by Gasteiger charge is -2.11. The number of halogens is 1. The number of carbonyl (C=O) groups excluding carboxylic acids is 2. The van der Waals surface area contributed by atoms with E-state index >= 15 is 0 Å². The number of primary amides is 1. The average Bonchev–Trinajstić information content (AvgIpc) is 3.66. The lowest BCUT2D eigenvalue weighted by molar-refractivity contribution is 0.0913. The van der Waals surface area contributed by atoms with E-state index in [0.29, 0.717) is 29.5 Å². The van der Waals surface area contributed by atoms with Crippen molar-refractivity contribution in [3.8, 4) is 5.75 Å². The van der Waals surface area contributed by atoms with Crippen molar-refractivity contribution in [2.75, 3.05) is 13.2 Å². The molecule has 0 unspecified atom stereocenters. The molecule has 5 rings (SSSR count). The molecule has 3 aromatic carbocycles. The van der Waals surface area contributed by atoms with Gasteiger partial charge in [0.1, 0.15) is 5.75 Å². The van der Waals surface area contributed by atoms with Gasteiger partial charge in [0.15, 0.2) is 6.61 Å². The van der Waals surface area contributed by atoms with Gasteiger partial charge >= 0.3 is 0 Å². The zero-order valence-electron chi connectivity index (χ0n) is 19.7. The molecule has 1 aliphatic carbocycles. The van der Waals surface area contributed by atoms with Crippen LogP contribution >= 0.6 is 11.6 Å². The van der Waals surface area contributed by atoms with Gasteiger partial charge in [-0.05, 0) is 71.8 Å². The van der Waals surface area contributed by atoms with Gasteiger partial charge in [0, 0.05) is 40.8 Å². The SMILES string of the molecule is NC[C@H](O)CCn1cc(C(=O)COc2cc3ccc(Cl)cc3cc2C(N)=O)c2ccc(C3CC3)cc21. The van der Waals surface area contributed by atoms with Crippen LogP contribution in [0.1, 0.15) is 51.5 Å². The largest absolute Gasteiger partial charge is 0.485 e. The number of carbonyl (C=O) groups is 2. The third-order valence-electron chi connectivity index (χ3n) is 6.76. The maximum atomic E-state index is 13.3. The predicted molar refractivity (Wildman–Crippen MR) is 141 cm³/mol. The molecule has 1 aliphatic rings. The first-order valence-electron chi connectivity index (χ1n) is 12.0. The number of rotatable bonds is 10. The Kier molecular flexibility index (Phi) is 6.71. The van der Waals surface area contributed by atoms with Gasteiger partial charge in [-0.3, -0.25) is 9.59 Å². The number of aromatic nitrogens is 1. The number of ketones is 1. The van der Waals surface area contributed by atoms with Crippen LogP contribution in [0.25, 0.3) is 21.7 Å². The second-order valence-electron chi connectivity index (χ2n) is 9.38. The Morgan fingerprint density at radius 2 is 1.89 bits per heavy atom. The Labute approximate surface area is 213 Å². The predicted octanol–water partition coefficient (Wildman–Crippen LogP) is 4.40. The number of hydrogen-bond acceptors (Lipinski definition) is 5. The van der Waals surface area contributed by atoms with E-state index in [2.05, 4.69) is 12.1 Å². The summed E-state index contributed by atoms with van der Waals surface area (Å²) in [6.45, 7) is 0.469. The maximum Gasteiger partial charge on any atom is 0.252 e. The molecule has 1 heterocycles. The second kappa shape index (κ2) is 9.93. The fraction of sp³-hybridized carbons (Fsp3) is 0.286. The summed E-state index contributed by atoms with van der Waals surface area (Å²) < 4.78 is 7.85. The smallest absolute Gasteiger partial charge is 0.252 e. The highest BCUT2D eigenvalue weighted by Gasteiger charge is 2.25. The standard InChI is InChI=1S/C28H28ClN3O4/c29-20-5-3-18-12-27(23(28(31)35)10-19(18)9-20)36-15-26(34)24-14-32(8-7-21(33)13-30)25-11-17(16-1-2-16)4-6-22(24)25/h3-6,9-12,14,16,21,33H,1-2,7-8,13,15,30H2,(H2,31,35)/t21-/m1/s1. The molecule has 1 aromatic heterocycles. The van der Waals surface area contributed by atoms with Crippen molar-refractivity contribution in [3.05, 3.63) is 76.4 Å². The maximum absolute atomic E-state index is 13.3. The number of ether oxygens (including phenoxy) is 1. The van der Waals surface area contributed by atoms with Gasteiger partial charge in [0.2, 0.25) is 5.78 Å². The van der Waals surface area contributed by atoms with Crippen molar-refractivity contribution in [3.63, 3.8) is 0 Å². The van der Waals surface area contributed by atoms with Crippen LogP contribution in [0.5, 0.6) is 5.75 Å². The van der Waals surface area contributed by atoms with Crippen LogP contribution in [-0.2, 0) is 6.54 Å². The molecule has 1 atom stereocenters. The van der Waals surface area contributed by atoms with Gasteiger partial charge in [0.25, 0.3) is 5.91 Å². The molecular formula is C28H28ClN3O4. The molecule has 1 fully saturated rings. The van der Waals surface area contributed by atoms with Crippen LogP contribution in [0, 0.1) is 0 Å². The number of amides is 1. The Hall–Kier alpha value is -3.39. The number of Topliss-reactive ketones (excluding diaryl/α,β-unsaturated/α-hetero) is 1. The van der Waals surface area contributed by atoms with Crippen LogP contribution in [0.15, 0.2) is 54.7 Å². The highest BCUT2D eigenvalue weighted by atomic mass is 35.5. The molecule has 1 saturated carbocycles. The molecule has 4 aromatic rings. The molecule has 1 amide bonds. The Balaban J connectivity index is 1.44. The van der Waals surface area contributed by atoms with E-state index in [4.69, 9.17) is 27.8 Å². The second-order valence-corrected chi connectivity index (χ2v) is 9.82. The van der Waals surface area contributed by atoms with E-state index in [0.717, 1.165) is 21.7 Å². The van der Waals surface area contributed by atoms with Gasteiger partial charge in [-0.1, -0.05) is 29.8 Å². The molecule has 0 radical (unpaired) electrons. The van der Waals surface area contributed by atoms with Crippen LogP contribution in [0.4, 0.5) is 0 Å². The van der Waals surface area contributed by atoms with E-state index in [1.54, 1.807) is 24.3 Å². The lowest BCUT2D eigenvalue weighted by atomic mass is 10.0. The fourth-order valence-corrected chi connectivity index (χ4v) is 4.75. The minimum absolute atomic E-state index is 0.185. The molecule has 0 aliphatic heterocycles. The lowest BCUT2D eigenvalue weighted by Crippen LogP contribution is -2.21. The average molecular weight is 506 g/mol. The quantitative estimate of drug-likeness (QED) is 0.276. The summed E-state index contributed by atoms with van der Waals surface area (Å²) in [5, 5.41) is 12.9. The van der Waals surface area contributed by atoms with Crippen molar-refractivity contribution in [2.24, 2.45) is 11.5 Å². The number of aryl methyl sites for hydroxylation is 1. The van der Waals surface area contributed by atoms with Crippen molar-refractivity contribution in [2.45, 2.75) is 37.8 Å². The van der Waals surface area contributed by atoms with E-state index in [1.165, 1.54) is 18.4 Å². The molecule has 0 spiro atoms. The Morgan fingerprint density at radius 1 is 1.08 bits per heavy atom. The number of aliphatic hydroxyl groups excluding tert-OH is 1. The van der Waals surface area contributed by atoms with Gasteiger partial charge in [-0.15, -0.1) is 0 Å². The Bertz CT molecular complexity index is 1470. The van der Waals surface area contributed by atoms with Crippen molar-refractivity contribution >= 4 is 45.0 Å². The Morgan fingerprint density at radius 3 is 2.61 bits per heavy atom. The number of aliphatic hydroxyl groups is 1. The molecule has 0 bridgehead atoms. The third-order valence-corrected chi connectivity index (χ3v) is 6.99. The summed E-state index contributed by atoms with van der Waals surface area (Å²) in [6, 6.07) is 14.8. The molecular weight excluding hydrogens is 478 g/mol. The first-order valence-corrected chi connectivity index (χ1v) is 12.4. The zero-order chi connectivity index (χ0) is 25.4. The van der Waals surface area contributed by atoms with Crippen molar-refractivity contribution < 1.29 is 19.4 Å². The number of hydrogen-bond donors (Lipinski definition) is 3. The van der Waals surface area contributed by atoms with Crippen LogP contribution in [0.2, 0.25) is 5.02 Å². The van der Waals surface area contributed by atoms with Crippen molar-refractivity contribution in [1.29, 1.82) is 0 Å².